The number of hydrogen-bond acceptors (Lipinski definition) is 2. The van der Waals surface area contributed by atoms with Crippen molar-refractivity contribution in [3.05, 3.63) is 0 Å². The second-order valence-electron chi connectivity index (χ2n) is 8.21. The molecule has 0 bridgehead atoms. The van der Waals surface area contributed by atoms with Crippen molar-refractivity contribution in [3.63, 3.8) is 0 Å². The SMILES string of the molecule is CNCC1(CN(CC(C)C)C2CCCC2)CCCCCC1. The van der Waals surface area contributed by atoms with Crippen LogP contribution in [0.3, 0.4) is 0 Å². The first kappa shape index (κ1) is 17.3. The Morgan fingerprint density at radius 1 is 1.00 bits per heavy atom. The fourth-order valence-electron chi connectivity index (χ4n) is 4.76. The minimum atomic E-state index is 0.544. The van der Waals surface area contributed by atoms with Crippen molar-refractivity contribution in [2.75, 3.05) is 26.7 Å². The Labute approximate surface area is 133 Å². The highest BCUT2D eigenvalue weighted by atomic mass is 15.2. The van der Waals surface area contributed by atoms with E-state index in [9.17, 15) is 0 Å². The molecule has 0 aromatic heterocycles. The zero-order valence-electron chi connectivity index (χ0n) is 14.8. The molecule has 0 saturated heterocycles. The highest BCUT2D eigenvalue weighted by Gasteiger charge is 2.35. The Balaban J connectivity index is 2.05. The molecular weight excluding hydrogens is 256 g/mol. The van der Waals surface area contributed by atoms with E-state index in [1.54, 1.807) is 0 Å². The molecule has 2 rings (SSSR count). The zero-order valence-corrected chi connectivity index (χ0v) is 14.8. The van der Waals surface area contributed by atoms with E-state index >= 15 is 0 Å². The van der Waals surface area contributed by atoms with Crippen LogP contribution in [0.1, 0.15) is 78.1 Å². The van der Waals surface area contributed by atoms with Crippen LogP contribution in [0.4, 0.5) is 0 Å². The predicted molar refractivity (Wildman–Crippen MR) is 92.7 cm³/mol. The molecule has 0 aromatic rings. The number of nitrogens with one attached hydrogen (secondary N) is 1. The fraction of sp³-hybridized carbons (Fsp3) is 1.00. The average Bonchev–Trinajstić information content (AvgIpc) is 2.87. The second-order valence-corrected chi connectivity index (χ2v) is 8.21. The van der Waals surface area contributed by atoms with E-state index < -0.39 is 0 Å². The van der Waals surface area contributed by atoms with Crippen molar-refractivity contribution in [2.24, 2.45) is 11.3 Å². The molecule has 2 aliphatic carbocycles. The van der Waals surface area contributed by atoms with Crippen molar-refractivity contribution in [1.82, 2.24) is 10.2 Å². The van der Waals surface area contributed by atoms with Crippen molar-refractivity contribution in [3.8, 4) is 0 Å². The van der Waals surface area contributed by atoms with Gasteiger partial charge in [-0.15, -0.1) is 0 Å². The van der Waals surface area contributed by atoms with Gasteiger partial charge in [0.05, 0.1) is 0 Å². The molecule has 124 valence electrons. The topological polar surface area (TPSA) is 15.3 Å². The summed E-state index contributed by atoms with van der Waals surface area (Å²) in [4.78, 5) is 2.89. The van der Waals surface area contributed by atoms with Crippen LogP contribution < -0.4 is 5.32 Å². The van der Waals surface area contributed by atoms with Crippen molar-refractivity contribution < 1.29 is 0 Å². The van der Waals surface area contributed by atoms with E-state index in [0.29, 0.717) is 5.41 Å². The molecule has 1 N–H and O–H groups in total. The first-order valence-corrected chi connectivity index (χ1v) is 9.54. The fourth-order valence-corrected chi connectivity index (χ4v) is 4.76. The highest BCUT2D eigenvalue weighted by Crippen LogP contribution is 2.37. The molecule has 2 fully saturated rings. The summed E-state index contributed by atoms with van der Waals surface area (Å²) in [6.45, 7) is 8.64. The van der Waals surface area contributed by atoms with E-state index in [1.165, 1.54) is 83.8 Å². The first-order valence-electron chi connectivity index (χ1n) is 9.54. The van der Waals surface area contributed by atoms with Crippen LogP contribution in [0.25, 0.3) is 0 Å². The van der Waals surface area contributed by atoms with E-state index in [0.717, 1.165) is 12.0 Å². The van der Waals surface area contributed by atoms with Gasteiger partial charge in [0.1, 0.15) is 0 Å². The van der Waals surface area contributed by atoms with Gasteiger partial charge >= 0.3 is 0 Å². The molecule has 2 aliphatic rings. The Morgan fingerprint density at radius 3 is 2.14 bits per heavy atom. The van der Waals surface area contributed by atoms with Crippen LogP contribution >= 0.6 is 0 Å². The lowest BCUT2D eigenvalue weighted by atomic mass is 9.79. The van der Waals surface area contributed by atoms with Crippen molar-refractivity contribution in [1.29, 1.82) is 0 Å². The van der Waals surface area contributed by atoms with Crippen LogP contribution in [0.5, 0.6) is 0 Å². The van der Waals surface area contributed by atoms with Crippen molar-refractivity contribution >= 4 is 0 Å². The van der Waals surface area contributed by atoms with Gasteiger partial charge in [0.15, 0.2) is 0 Å². The normalized spacial score (nSPS) is 23.9. The molecule has 2 saturated carbocycles. The standard InChI is InChI=1S/C19H38N2/c1-17(2)14-21(18-10-6-7-11-18)16-19(15-20-3)12-8-4-5-9-13-19/h17-18,20H,4-16H2,1-3H3. The maximum Gasteiger partial charge on any atom is 0.00956 e. The van der Waals surface area contributed by atoms with Gasteiger partial charge in [-0.2, -0.15) is 0 Å². The number of rotatable bonds is 7. The Hall–Kier alpha value is -0.0800. The van der Waals surface area contributed by atoms with E-state index in [-0.39, 0.29) is 0 Å². The van der Waals surface area contributed by atoms with Crippen molar-refractivity contribution in [2.45, 2.75) is 84.1 Å². The van der Waals surface area contributed by atoms with Gasteiger partial charge in [-0.1, -0.05) is 52.4 Å². The summed E-state index contributed by atoms with van der Waals surface area (Å²) in [5.41, 5.74) is 0.544. The van der Waals surface area contributed by atoms with Gasteiger partial charge in [0.25, 0.3) is 0 Å². The first-order chi connectivity index (χ1) is 10.2. The molecule has 0 aromatic carbocycles. The lowest BCUT2D eigenvalue weighted by Gasteiger charge is -2.41. The average molecular weight is 295 g/mol. The molecule has 0 aliphatic heterocycles. The third kappa shape index (κ3) is 5.25. The summed E-state index contributed by atoms with van der Waals surface area (Å²) >= 11 is 0. The predicted octanol–water partition coefficient (Wildman–Crippen LogP) is 4.45. The van der Waals surface area contributed by atoms with Crippen LogP contribution in [0, 0.1) is 11.3 Å². The van der Waals surface area contributed by atoms with E-state index in [4.69, 9.17) is 0 Å². The molecule has 2 nitrogen and oxygen atoms in total. The van der Waals surface area contributed by atoms with Crippen LogP contribution in [0.2, 0.25) is 0 Å². The monoisotopic (exact) mass is 294 g/mol. The summed E-state index contributed by atoms with van der Waals surface area (Å²) in [6, 6.07) is 0.879. The Morgan fingerprint density at radius 2 is 1.62 bits per heavy atom. The summed E-state index contributed by atoms with van der Waals surface area (Å²) in [5.74, 6) is 0.794. The largest absolute Gasteiger partial charge is 0.319 e. The Bertz CT molecular complexity index is 273. The molecule has 0 atom stereocenters. The molecule has 0 heterocycles. The van der Waals surface area contributed by atoms with Gasteiger partial charge in [0, 0.05) is 25.7 Å². The summed E-state index contributed by atoms with van der Waals surface area (Å²) in [5, 5.41) is 3.53. The summed E-state index contributed by atoms with van der Waals surface area (Å²) in [6.07, 6.45) is 14.5. The minimum absolute atomic E-state index is 0.544. The maximum atomic E-state index is 3.53. The maximum absolute atomic E-state index is 3.53. The summed E-state index contributed by atoms with van der Waals surface area (Å²) in [7, 11) is 2.15. The molecule has 21 heavy (non-hydrogen) atoms. The quantitative estimate of drug-likeness (QED) is 0.698. The molecule has 0 unspecified atom stereocenters. The Kier molecular flexibility index (Phi) is 7.01. The summed E-state index contributed by atoms with van der Waals surface area (Å²) < 4.78 is 0. The van der Waals surface area contributed by atoms with E-state index in [1.807, 2.05) is 0 Å². The van der Waals surface area contributed by atoms with Gasteiger partial charge < -0.3 is 5.32 Å². The van der Waals surface area contributed by atoms with Gasteiger partial charge in [0.2, 0.25) is 0 Å². The molecule has 0 amide bonds. The molecule has 2 heteroatoms. The smallest absolute Gasteiger partial charge is 0.00956 e. The van der Waals surface area contributed by atoms with Gasteiger partial charge in [-0.25, -0.2) is 0 Å². The third-order valence-electron chi connectivity index (χ3n) is 5.70. The van der Waals surface area contributed by atoms with E-state index in [2.05, 4.69) is 31.1 Å². The second kappa shape index (κ2) is 8.53. The lowest BCUT2D eigenvalue weighted by molar-refractivity contribution is 0.0847. The van der Waals surface area contributed by atoms with Gasteiger partial charge in [-0.3, -0.25) is 4.90 Å². The van der Waals surface area contributed by atoms with Crippen LogP contribution in [-0.4, -0.2) is 37.6 Å². The van der Waals surface area contributed by atoms with Crippen LogP contribution in [0.15, 0.2) is 0 Å². The van der Waals surface area contributed by atoms with Gasteiger partial charge in [-0.05, 0) is 44.1 Å². The zero-order chi connectivity index (χ0) is 15.1. The number of hydrogen-bond donors (Lipinski definition) is 1. The minimum Gasteiger partial charge on any atom is -0.319 e. The third-order valence-corrected chi connectivity index (χ3v) is 5.70. The molecule has 0 spiro atoms. The van der Waals surface area contributed by atoms with Crippen LogP contribution in [-0.2, 0) is 0 Å². The lowest BCUT2D eigenvalue weighted by Crippen LogP contribution is -2.47. The number of nitrogens with zero attached hydrogens (tertiary/aromatic N) is 1. The molecular formula is C19H38N2. The highest BCUT2D eigenvalue weighted by molar-refractivity contribution is 4.90. The molecule has 0 radical (unpaired) electrons.